The smallest absolute Gasteiger partial charge is 0.00441 e. The average molecular weight is 113 g/mol. The molecule has 0 aromatic rings. The van der Waals surface area contributed by atoms with Crippen LogP contribution in [-0.2, 0) is 0 Å². The van der Waals surface area contributed by atoms with E-state index in [0.717, 1.165) is 11.8 Å². The summed E-state index contributed by atoms with van der Waals surface area (Å²) in [5, 5.41) is 0. The molecule has 1 nitrogen and oxygen atoms in total. The van der Waals surface area contributed by atoms with Gasteiger partial charge in [-0.05, 0) is 24.7 Å². The number of hydrogen-bond acceptors (Lipinski definition) is 1. The van der Waals surface area contributed by atoms with Gasteiger partial charge in [-0.2, -0.15) is 0 Å². The van der Waals surface area contributed by atoms with Gasteiger partial charge < -0.3 is 5.73 Å². The van der Waals surface area contributed by atoms with Crippen molar-refractivity contribution in [2.75, 3.05) is 0 Å². The molecule has 0 radical (unpaired) electrons. The largest absolute Gasteiger partial charge is 0.328 e. The van der Waals surface area contributed by atoms with Crippen molar-refractivity contribution in [2.45, 2.75) is 32.7 Å². The SMILES string of the molecule is C[C@H]1CC(N)C[C@@H]1C. The highest BCUT2D eigenvalue weighted by atomic mass is 14.7. The second kappa shape index (κ2) is 2.06. The molecular weight excluding hydrogens is 98.1 g/mol. The van der Waals surface area contributed by atoms with Crippen molar-refractivity contribution >= 4 is 0 Å². The van der Waals surface area contributed by atoms with Crippen molar-refractivity contribution < 1.29 is 0 Å². The summed E-state index contributed by atoms with van der Waals surface area (Å²) in [5.41, 5.74) is 5.72. The molecule has 0 heterocycles. The molecule has 1 fully saturated rings. The zero-order valence-corrected chi connectivity index (χ0v) is 5.72. The summed E-state index contributed by atoms with van der Waals surface area (Å²) in [4.78, 5) is 0. The van der Waals surface area contributed by atoms with Crippen LogP contribution in [0.2, 0.25) is 0 Å². The van der Waals surface area contributed by atoms with Gasteiger partial charge in [0.25, 0.3) is 0 Å². The van der Waals surface area contributed by atoms with Crippen molar-refractivity contribution in [1.29, 1.82) is 0 Å². The van der Waals surface area contributed by atoms with Gasteiger partial charge in [-0.1, -0.05) is 13.8 Å². The summed E-state index contributed by atoms with van der Waals surface area (Å²) in [6, 6.07) is 0.500. The van der Waals surface area contributed by atoms with E-state index in [2.05, 4.69) is 13.8 Å². The maximum Gasteiger partial charge on any atom is 0.00441 e. The number of hydrogen-bond donors (Lipinski definition) is 1. The first-order valence-electron chi connectivity index (χ1n) is 3.45. The normalized spacial score (nSPS) is 40.9. The summed E-state index contributed by atoms with van der Waals surface area (Å²) in [6.45, 7) is 4.58. The highest BCUT2D eigenvalue weighted by Gasteiger charge is 2.24. The van der Waals surface area contributed by atoms with Gasteiger partial charge in [0.2, 0.25) is 0 Å². The Kier molecular flexibility index (Phi) is 1.57. The second-order valence-corrected chi connectivity index (χ2v) is 3.19. The molecule has 0 saturated heterocycles. The molecular formula is C7H15N. The fourth-order valence-electron chi connectivity index (χ4n) is 1.52. The minimum Gasteiger partial charge on any atom is -0.328 e. The third-order valence-electron chi connectivity index (χ3n) is 2.32. The van der Waals surface area contributed by atoms with Crippen molar-refractivity contribution in [2.24, 2.45) is 17.6 Å². The summed E-state index contributed by atoms with van der Waals surface area (Å²) in [7, 11) is 0. The Morgan fingerprint density at radius 2 is 1.50 bits per heavy atom. The van der Waals surface area contributed by atoms with E-state index in [0.29, 0.717) is 6.04 Å². The van der Waals surface area contributed by atoms with E-state index in [1.165, 1.54) is 12.8 Å². The first-order chi connectivity index (χ1) is 3.70. The predicted molar refractivity (Wildman–Crippen MR) is 35.5 cm³/mol. The molecule has 0 amide bonds. The van der Waals surface area contributed by atoms with E-state index >= 15 is 0 Å². The van der Waals surface area contributed by atoms with Crippen molar-refractivity contribution in [1.82, 2.24) is 0 Å². The number of nitrogens with two attached hydrogens (primary N) is 1. The van der Waals surface area contributed by atoms with Gasteiger partial charge >= 0.3 is 0 Å². The maximum atomic E-state index is 5.72. The molecule has 2 atom stereocenters. The quantitative estimate of drug-likeness (QED) is 0.504. The molecule has 0 aliphatic heterocycles. The van der Waals surface area contributed by atoms with E-state index in [9.17, 15) is 0 Å². The van der Waals surface area contributed by atoms with E-state index in [1.807, 2.05) is 0 Å². The highest BCUT2D eigenvalue weighted by Crippen LogP contribution is 2.29. The van der Waals surface area contributed by atoms with Gasteiger partial charge in [0.1, 0.15) is 0 Å². The molecule has 0 spiro atoms. The van der Waals surface area contributed by atoms with E-state index < -0.39 is 0 Å². The molecule has 1 rings (SSSR count). The van der Waals surface area contributed by atoms with Gasteiger partial charge in [-0.15, -0.1) is 0 Å². The van der Waals surface area contributed by atoms with Crippen LogP contribution in [0.5, 0.6) is 0 Å². The Hall–Kier alpha value is -0.0400. The Morgan fingerprint density at radius 1 is 1.12 bits per heavy atom. The number of rotatable bonds is 0. The third kappa shape index (κ3) is 1.03. The van der Waals surface area contributed by atoms with Crippen LogP contribution >= 0.6 is 0 Å². The molecule has 2 N–H and O–H groups in total. The van der Waals surface area contributed by atoms with Crippen molar-refractivity contribution in [3.8, 4) is 0 Å². The third-order valence-corrected chi connectivity index (χ3v) is 2.32. The maximum absolute atomic E-state index is 5.72. The van der Waals surface area contributed by atoms with Crippen LogP contribution in [0.3, 0.4) is 0 Å². The Morgan fingerprint density at radius 3 is 1.62 bits per heavy atom. The van der Waals surface area contributed by atoms with E-state index in [1.54, 1.807) is 0 Å². The van der Waals surface area contributed by atoms with Gasteiger partial charge in [-0.3, -0.25) is 0 Å². The minimum absolute atomic E-state index is 0.500. The molecule has 1 heteroatoms. The lowest BCUT2D eigenvalue weighted by molar-refractivity contribution is 0.457. The lowest BCUT2D eigenvalue weighted by Gasteiger charge is -2.04. The summed E-state index contributed by atoms with van der Waals surface area (Å²) in [5.74, 6) is 1.73. The molecule has 0 unspecified atom stereocenters. The Bertz CT molecular complexity index is 70.5. The Balaban J connectivity index is 2.39. The van der Waals surface area contributed by atoms with Crippen LogP contribution in [0.4, 0.5) is 0 Å². The van der Waals surface area contributed by atoms with Crippen LogP contribution in [0.25, 0.3) is 0 Å². The van der Waals surface area contributed by atoms with Crippen LogP contribution in [0, 0.1) is 11.8 Å². The zero-order chi connectivity index (χ0) is 6.15. The van der Waals surface area contributed by atoms with Gasteiger partial charge in [0.15, 0.2) is 0 Å². The highest BCUT2D eigenvalue weighted by molar-refractivity contribution is 4.79. The monoisotopic (exact) mass is 113 g/mol. The summed E-state index contributed by atoms with van der Waals surface area (Å²) in [6.07, 6.45) is 2.47. The van der Waals surface area contributed by atoms with Crippen LogP contribution < -0.4 is 5.73 Å². The van der Waals surface area contributed by atoms with E-state index in [4.69, 9.17) is 5.73 Å². The lowest BCUT2D eigenvalue weighted by Crippen LogP contribution is -2.14. The standard InChI is InChI=1S/C7H15N/c1-5-3-7(8)4-6(5)2/h5-7H,3-4,8H2,1-2H3/t5-,6-/m0/s1. The summed E-state index contributed by atoms with van der Waals surface area (Å²) >= 11 is 0. The molecule has 0 aromatic heterocycles. The minimum atomic E-state index is 0.500. The van der Waals surface area contributed by atoms with Gasteiger partial charge in [0, 0.05) is 6.04 Å². The molecule has 1 aliphatic rings. The van der Waals surface area contributed by atoms with Gasteiger partial charge in [0.05, 0.1) is 0 Å². The average Bonchev–Trinajstić information content (AvgIpc) is 1.85. The van der Waals surface area contributed by atoms with Gasteiger partial charge in [-0.25, -0.2) is 0 Å². The van der Waals surface area contributed by atoms with Crippen LogP contribution in [-0.4, -0.2) is 6.04 Å². The zero-order valence-electron chi connectivity index (χ0n) is 5.72. The van der Waals surface area contributed by atoms with Crippen molar-refractivity contribution in [3.63, 3.8) is 0 Å². The van der Waals surface area contributed by atoms with Crippen molar-refractivity contribution in [3.05, 3.63) is 0 Å². The van der Waals surface area contributed by atoms with Crippen LogP contribution in [0.1, 0.15) is 26.7 Å². The molecule has 8 heavy (non-hydrogen) atoms. The predicted octanol–water partition coefficient (Wildman–Crippen LogP) is 1.38. The van der Waals surface area contributed by atoms with E-state index in [-0.39, 0.29) is 0 Å². The fourth-order valence-corrected chi connectivity index (χ4v) is 1.52. The lowest BCUT2D eigenvalue weighted by atomic mass is 10.0. The molecule has 0 bridgehead atoms. The Labute approximate surface area is 51.3 Å². The molecule has 1 saturated carbocycles. The summed E-state index contributed by atoms with van der Waals surface area (Å²) < 4.78 is 0. The first-order valence-corrected chi connectivity index (χ1v) is 3.45. The molecule has 0 aromatic carbocycles. The molecule has 1 aliphatic carbocycles. The fraction of sp³-hybridized carbons (Fsp3) is 1.00. The first kappa shape index (κ1) is 6.09. The molecule has 48 valence electrons. The van der Waals surface area contributed by atoms with Crippen LogP contribution in [0.15, 0.2) is 0 Å². The topological polar surface area (TPSA) is 26.0 Å². The second-order valence-electron chi connectivity index (χ2n) is 3.19.